The molecule has 1 saturated carbocycles. The fraction of sp³-hybridized carbons (Fsp3) is 0.421. The zero-order chi connectivity index (χ0) is 16.4. The molecule has 2 aromatic rings. The summed E-state index contributed by atoms with van der Waals surface area (Å²) >= 11 is 0. The third-order valence-electron chi connectivity index (χ3n) is 5.76. The lowest BCUT2D eigenvalue weighted by Gasteiger charge is -2.39. The topological polar surface area (TPSA) is 72.1 Å². The first-order chi connectivity index (χ1) is 11.6. The first-order valence-corrected chi connectivity index (χ1v) is 8.69. The van der Waals surface area contributed by atoms with Gasteiger partial charge in [0.15, 0.2) is 0 Å². The molecule has 2 heterocycles. The van der Waals surface area contributed by atoms with Crippen LogP contribution in [-0.4, -0.2) is 28.5 Å². The second-order valence-corrected chi connectivity index (χ2v) is 7.32. The highest BCUT2D eigenvalue weighted by Gasteiger charge is 2.48. The minimum atomic E-state index is -0.401. The molecule has 5 nitrogen and oxygen atoms in total. The van der Waals surface area contributed by atoms with Crippen molar-refractivity contribution in [3.05, 3.63) is 41.1 Å². The Hall–Kier alpha value is -2.43. The van der Waals surface area contributed by atoms with Gasteiger partial charge < -0.3 is 10.6 Å². The summed E-state index contributed by atoms with van der Waals surface area (Å²) in [5.74, 6) is 1.81. The molecular formula is C19H20N4O. The van der Waals surface area contributed by atoms with Crippen LogP contribution in [0.5, 0.6) is 0 Å². The van der Waals surface area contributed by atoms with Gasteiger partial charge in [-0.1, -0.05) is 12.1 Å². The summed E-state index contributed by atoms with van der Waals surface area (Å²) in [6.45, 7) is 3.24. The number of primary amides is 1. The quantitative estimate of drug-likeness (QED) is 0.943. The van der Waals surface area contributed by atoms with E-state index in [9.17, 15) is 4.79 Å². The fourth-order valence-electron chi connectivity index (χ4n) is 4.07. The molecule has 0 radical (unpaired) electrons. The Balaban J connectivity index is 1.66. The molecule has 2 unspecified atom stereocenters. The van der Waals surface area contributed by atoms with E-state index in [0.29, 0.717) is 17.5 Å². The number of benzene rings is 1. The van der Waals surface area contributed by atoms with Crippen LogP contribution in [0, 0.1) is 5.92 Å². The number of carbonyl (C=O) groups excluding carboxylic acids is 1. The second-order valence-electron chi connectivity index (χ2n) is 7.32. The number of hydrogen-bond acceptors (Lipinski definition) is 4. The van der Waals surface area contributed by atoms with Gasteiger partial charge in [0.2, 0.25) is 11.9 Å². The molecular weight excluding hydrogens is 300 g/mol. The van der Waals surface area contributed by atoms with Crippen molar-refractivity contribution in [1.82, 2.24) is 9.97 Å². The normalized spacial score (nSPS) is 26.5. The zero-order valence-electron chi connectivity index (χ0n) is 13.7. The van der Waals surface area contributed by atoms with Crippen molar-refractivity contribution in [2.45, 2.75) is 38.1 Å². The van der Waals surface area contributed by atoms with Crippen LogP contribution < -0.4 is 10.6 Å². The van der Waals surface area contributed by atoms with Crippen molar-refractivity contribution in [1.29, 1.82) is 0 Å². The maximum absolute atomic E-state index is 11.5. The fourth-order valence-corrected chi connectivity index (χ4v) is 4.07. The molecule has 2 N–H and O–H groups in total. The molecule has 1 aliphatic heterocycles. The molecule has 2 fully saturated rings. The SMILES string of the molecule is C[C@H]1CCN1c1nc(-c2cccc(C(N)=O)c2)c2c(n1)C1CC1C2. The van der Waals surface area contributed by atoms with Gasteiger partial charge in [-0.3, -0.25) is 4.79 Å². The first kappa shape index (κ1) is 14.0. The van der Waals surface area contributed by atoms with Crippen LogP contribution in [0.2, 0.25) is 0 Å². The largest absolute Gasteiger partial charge is 0.366 e. The number of aromatic nitrogens is 2. The number of carbonyl (C=O) groups is 1. The van der Waals surface area contributed by atoms with Crippen LogP contribution in [0.4, 0.5) is 5.95 Å². The standard InChI is InChI=1S/C19H20N4O/c1-10-5-6-23(10)19-21-16(11-3-2-4-12(7-11)18(20)24)15-9-13-8-14(13)17(15)22-19/h2-4,7,10,13-14H,5-6,8-9H2,1H3,(H2,20,24)/t10-,13?,14?/m0/s1. The van der Waals surface area contributed by atoms with Gasteiger partial charge in [-0.05, 0) is 44.2 Å². The van der Waals surface area contributed by atoms with Crippen molar-refractivity contribution in [3.63, 3.8) is 0 Å². The van der Waals surface area contributed by atoms with E-state index in [1.54, 1.807) is 6.07 Å². The minimum absolute atomic E-state index is 0.401. The van der Waals surface area contributed by atoms with E-state index in [0.717, 1.165) is 36.1 Å². The number of hydrogen-bond donors (Lipinski definition) is 1. The van der Waals surface area contributed by atoms with Gasteiger partial charge in [0.1, 0.15) is 0 Å². The molecule has 1 amide bonds. The number of rotatable bonds is 3. The Labute approximate surface area is 140 Å². The third-order valence-corrected chi connectivity index (χ3v) is 5.76. The predicted molar refractivity (Wildman–Crippen MR) is 92.0 cm³/mol. The summed E-state index contributed by atoms with van der Waals surface area (Å²) in [6.07, 6.45) is 3.52. The number of nitrogens with two attached hydrogens (primary N) is 1. The van der Waals surface area contributed by atoms with Gasteiger partial charge in [0.05, 0.1) is 11.4 Å². The van der Waals surface area contributed by atoms with Gasteiger partial charge in [0.25, 0.3) is 0 Å². The molecule has 122 valence electrons. The van der Waals surface area contributed by atoms with Gasteiger partial charge >= 0.3 is 0 Å². The van der Waals surface area contributed by atoms with Crippen molar-refractivity contribution >= 4 is 11.9 Å². The Morgan fingerprint density at radius 3 is 2.92 bits per heavy atom. The van der Waals surface area contributed by atoms with Gasteiger partial charge in [0, 0.05) is 35.2 Å². The van der Waals surface area contributed by atoms with E-state index in [2.05, 4.69) is 11.8 Å². The molecule has 5 heteroatoms. The molecule has 0 spiro atoms. The average molecular weight is 320 g/mol. The molecule has 1 saturated heterocycles. The van der Waals surface area contributed by atoms with Crippen molar-refractivity contribution < 1.29 is 4.79 Å². The summed E-state index contributed by atoms with van der Waals surface area (Å²) in [4.78, 5) is 23.6. The van der Waals surface area contributed by atoms with Crippen LogP contribution in [0.15, 0.2) is 24.3 Å². The monoisotopic (exact) mass is 320 g/mol. The van der Waals surface area contributed by atoms with Crippen molar-refractivity contribution in [2.75, 3.05) is 11.4 Å². The lowest BCUT2D eigenvalue weighted by Crippen LogP contribution is -2.46. The molecule has 5 rings (SSSR count). The highest BCUT2D eigenvalue weighted by atomic mass is 16.1. The highest BCUT2D eigenvalue weighted by molar-refractivity contribution is 5.94. The lowest BCUT2D eigenvalue weighted by atomic mass is 10.0. The molecule has 24 heavy (non-hydrogen) atoms. The third kappa shape index (κ3) is 1.97. The summed E-state index contributed by atoms with van der Waals surface area (Å²) in [6, 6.07) is 8.01. The number of anilines is 1. The second kappa shape index (κ2) is 4.79. The van der Waals surface area contributed by atoms with Crippen LogP contribution in [0.25, 0.3) is 11.3 Å². The molecule has 3 atom stereocenters. The Morgan fingerprint density at radius 1 is 1.33 bits per heavy atom. The Kier molecular flexibility index (Phi) is 2.78. The zero-order valence-corrected chi connectivity index (χ0v) is 13.7. The number of amides is 1. The van der Waals surface area contributed by atoms with Crippen molar-refractivity contribution in [2.24, 2.45) is 11.7 Å². The van der Waals surface area contributed by atoms with E-state index in [-0.39, 0.29) is 0 Å². The predicted octanol–water partition coefficient (Wildman–Crippen LogP) is 2.50. The van der Waals surface area contributed by atoms with Gasteiger partial charge in [-0.15, -0.1) is 0 Å². The van der Waals surface area contributed by atoms with Crippen molar-refractivity contribution in [3.8, 4) is 11.3 Å². The summed E-state index contributed by atoms with van der Waals surface area (Å²) in [7, 11) is 0. The van der Waals surface area contributed by atoms with Gasteiger partial charge in [-0.2, -0.15) is 0 Å². The van der Waals surface area contributed by atoms with Crippen LogP contribution in [0.3, 0.4) is 0 Å². The van der Waals surface area contributed by atoms with Gasteiger partial charge in [-0.25, -0.2) is 9.97 Å². The minimum Gasteiger partial charge on any atom is -0.366 e. The lowest BCUT2D eigenvalue weighted by molar-refractivity contribution is 0.100. The van der Waals surface area contributed by atoms with Crippen LogP contribution >= 0.6 is 0 Å². The average Bonchev–Trinajstić information content (AvgIpc) is 3.25. The maximum atomic E-state index is 11.5. The van der Waals surface area contributed by atoms with E-state index >= 15 is 0 Å². The number of nitrogens with zero attached hydrogens (tertiary/aromatic N) is 3. The number of fused-ring (bicyclic) bond motifs is 3. The maximum Gasteiger partial charge on any atom is 0.248 e. The smallest absolute Gasteiger partial charge is 0.248 e. The summed E-state index contributed by atoms with van der Waals surface area (Å²) < 4.78 is 0. The van der Waals surface area contributed by atoms with Crippen LogP contribution in [0.1, 0.15) is 47.3 Å². The first-order valence-electron chi connectivity index (χ1n) is 8.69. The molecule has 1 aromatic carbocycles. The molecule has 2 aliphatic carbocycles. The molecule has 1 aromatic heterocycles. The Bertz CT molecular complexity index is 862. The van der Waals surface area contributed by atoms with Crippen LogP contribution in [-0.2, 0) is 6.42 Å². The van der Waals surface area contributed by atoms with E-state index in [1.165, 1.54) is 24.1 Å². The summed E-state index contributed by atoms with van der Waals surface area (Å²) in [5, 5.41) is 0. The van der Waals surface area contributed by atoms with E-state index < -0.39 is 5.91 Å². The summed E-state index contributed by atoms with van der Waals surface area (Å²) in [5.41, 5.74) is 10.5. The highest BCUT2D eigenvalue weighted by Crippen LogP contribution is 2.57. The Morgan fingerprint density at radius 2 is 2.21 bits per heavy atom. The molecule has 3 aliphatic rings. The van der Waals surface area contributed by atoms with E-state index in [4.69, 9.17) is 15.7 Å². The molecule has 0 bridgehead atoms. The van der Waals surface area contributed by atoms with E-state index in [1.807, 2.05) is 18.2 Å².